The molecule has 1 fully saturated rings. The molecule has 0 spiro atoms. The maximum Gasteiger partial charge on any atom is 0.123 e. The van der Waals surface area contributed by atoms with Crippen molar-refractivity contribution in [3.8, 4) is 0 Å². The first-order valence-corrected chi connectivity index (χ1v) is 6.70. The standard InChI is InChI=1S/C15H22FNO/c1-10(2)15-9-13(6-7-18-15)17-14-5-4-12(16)8-11(14)3/h4-5,8,10,13,15,17H,6-7,9H2,1-3H3. The monoisotopic (exact) mass is 251 g/mol. The molecule has 0 radical (unpaired) electrons. The van der Waals surface area contributed by atoms with E-state index < -0.39 is 0 Å². The first kappa shape index (κ1) is 13.3. The molecule has 1 N–H and O–H groups in total. The van der Waals surface area contributed by atoms with Gasteiger partial charge in [-0.2, -0.15) is 0 Å². The topological polar surface area (TPSA) is 21.3 Å². The molecule has 3 heteroatoms. The molecule has 0 aromatic heterocycles. The molecule has 1 saturated heterocycles. The largest absolute Gasteiger partial charge is 0.382 e. The van der Waals surface area contributed by atoms with Crippen molar-refractivity contribution in [2.75, 3.05) is 11.9 Å². The maximum atomic E-state index is 13.0. The molecule has 2 rings (SSSR count). The molecular weight excluding hydrogens is 229 g/mol. The van der Waals surface area contributed by atoms with Gasteiger partial charge in [0.15, 0.2) is 0 Å². The number of halogens is 1. The van der Waals surface area contributed by atoms with Crippen molar-refractivity contribution >= 4 is 5.69 Å². The molecule has 100 valence electrons. The minimum atomic E-state index is -0.176. The number of aryl methyl sites for hydroxylation is 1. The minimum absolute atomic E-state index is 0.176. The number of hydrogen-bond acceptors (Lipinski definition) is 2. The molecule has 2 atom stereocenters. The number of hydrogen-bond donors (Lipinski definition) is 1. The van der Waals surface area contributed by atoms with Crippen LogP contribution < -0.4 is 5.32 Å². The van der Waals surface area contributed by atoms with Crippen LogP contribution in [0.2, 0.25) is 0 Å². The SMILES string of the molecule is Cc1cc(F)ccc1NC1CCOC(C(C)C)C1. The first-order chi connectivity index (χ1) is 8.56. The van der Waals surface area contributed by atoms with Gasteiger partial charge in [-0.15, -0.1) is 0 Å². The van der Waals surface area contributed by atoms with E-state index in [-0.39, 0.29) is 5.82 Å². The van der Waals surface area contributed by atoms with Crippen LogP contribution in [0.15, 0.2) is 18.2 Å². The third-order valence-corrected chi connectivity index (χ3v) is 3.61. The quantitative estimate of drug-likeness (QED) is 0.883. The van der Waals surface area contributed by atoms with E-state index in [1.165, 1.54) is 6.07 Å². The Balaban J connectivity index is 2.00. The van der Waals surface area contributed by atoms with Crippen molar-refractivity contribution < 1.29 is 9.13 Å². The highest BCUT2D eigenvalue weighted by Gasteiger charge is 2.24. The van der Waals surface area contributed by atoms with Gasteiger partial charge >= 0.3 is 0 Å². The fraction of sp³-hybridized carbons (Fsp3) is 0.600. The average molecular weight is 251 g/mol. The number of nitrogens with one attached hydrogen (secondary N) is 1. The Morgan fingerprint density at radius 2 is 2.17 bits per heavy atom. The summed E-state index contributed by atoms with van der Waals surface area (Å²) in [6.45, 7) is 7.12. The van der Waals surface area contributed by atoms with Gasteiger partial charge in [-0.05, 0) is 49.4 Å². The predicted molar refractivity (Wildman–Crippen MR) is 72.4 cm³/mol. The molecule has 1 aliphatic heterocycles. The van der Waals surface area contributed by atoms with Crippen LogP contribution >= 0.6 is 0 Å². The van der Waals surface area contributed by atoms with Gasteiger partial charge in [-0.25, -0.2) is 4.39 Å². The highest BCUT2D eigenvalue weighted by Crippen LogP contribution is 2.24. The van der Waals surface area contributed by atoms with Crippen molar-refractivity contribution in [1.82, 2.24) is 0 Å². The average Bonchev–Trinajstić information content (AvgIpc) is 2.33. The molecule has 0 saturated carbocycles. The van der Waals surface area contributed by atoms with E-state index in [4.69, 9.17) is 4.74 Å². The third kappa shape index (κ3) is 3.22. The molecule has 0 aliphatic carbocycles. The Hall–Kier alpha value is -1.09. The number of anilines is 1. The van der Waals surface area contributed by atoms with Gasteiger partial charge in [0.1, 0.15) is 5.82 Å². The summed E-state index contributed by atoms with van der Waals surface area (Å²) in [5, 5.41) is 3.51. The van der Waals surface area contributed by atoms with Gasteiger partial charge < -0.3 is 10.1 Å². The fourth-order valence-corrected chi connectivity index (χ4v) is 2.43. The van der Waals surface area contributed by atoms with E-state index in [1.807, 2.05) is 13.0 Å². The van der Waals surface area contributed by atoms with Gasteiger partial charge in [-0.1, -0.05) is 13.8 Å². The lowest BCUT2D eigenvalue weighted by Crippen LogP contribution is -2.36. The van der Waals surface area contributed by atoms with E-state index in [0.717, 1.165) is 30.7 Å². The van der Waals surface area contributed by atoms with Crippen LogP contribution in [0.4, 0.5) is 10.1 Å². The van der Waals surface area contributed by atoms with Gasteiger partial charge in [-0.3, -0.25) is 0 Å². The Labute approximate surface area is 109 Å². The summed E-state index contributed by atoms with van der Waals surface area (Å²) in [6.07, 6.45) is 2.37. The van der Waals surface area contributed by atoms with Crippen molar-refractivity contribution in [1.29, 1.82) is 0 Å². The lowest BCUT2D eigenvalue weighted by molar-refractivity contribution is -0.0160. The minimum Gasteiger partial charge on any atom is -0.382 e. The van der Waals surface area contributed by atoms with Crippen LogP contribution in [0.3, 0.4) is 0 Å². The Kier molecular flexibility index (Phi) is 4.23. The lowest BCUT2D eigenvalue weighted by Gasteiger charge is -2.33. The molecule has 2 nitrogen and oxygen atoms in total. The molecule has 1 aromatic rings. The highest BCUT2D eigenvalue weighted by atomic mass is 19.1. The van der Waals surface area contributed by atoms with E-state index in [0.29, 0.717) is 18.1 Å². The van der Waals surface area contributed by atoms with Gasteiger partial charge in [0, 0.05) is 18.3 Å². The van der Waals surface area contributed by atoms with Gasteiger partial charge in [0.25, 0.3) is 0 Å². The van der Waals surface area contributed by atoms with Gasteiger partial charge in [0.05, 0.1) is 6.10 Å². The molecular formula is C15H22FNO. The van der Waals surface area contributed by atoms with Crippen LogP contribution in [-0.4, -0.2) is 18.8 Å². The summed E-state index contributed by atoms with van der Waals surface area (Å²) in [7, 11) is 0. The summed E-state index contributed by atoms with van der Waals surface area (Å²) in [5.41, 5.74) is 1.99. The zero-order valence-electron chi connectivity index (χ0n) is 11.4. The van der Waals surface area contributed by atoms with Crippen LogP contribution in [0, 0.1) is 18.7 Å². The van der Waals surface area contributed by atoms with E-state index in [1.54, 1.807) is 6.07 Å². The second-order valence-corrected chi connectivity index (χ2v) is 5.48. The first-order valence-electron chi connectivity index (χ1n) is 6.70. The van der Waals surface area contributed by atoms with Crippen molar-refractivity contribution in [2.45, 2.75) is 45.8 Å². The summed E-state index contributed by atoms with van der Waals surface area (Å²) in [6, 6.07) is 5.33. The molecule has 1 heterocycles. The number of ether oxygens (including phenoxy) is 1. The molecule has 1 aliphatic rings. The van der Waals surface area contributed by atoms with E-state index in [2.05, 4.69) is 19.2 Å². The maximum absolute atomic E-state index is 13.0. The van der Waals surface area contributed by atoms with E-state index in [9.17, 15) is 4.39 Å². The summed E-state index contributed by atoms with van der Waals surface area (Å²) in [5.74, 6) is 0.369. The molecule has 18 heavy (non-hydrogen) atoms. The number of benzene rings is 1. The van der Waals surface area contributed by atoms with Crippen LogP contribution in [0.5, 0.6) is 0 Å². The molecule has 0 bridgehead atoms. The summed E-state index contributed by atoms with van der Waals surface area (Å²) >= 11 is 0. The summed E-state index contributed by atoms with van der Waals surface area (Å²) in [4.78, 5) is 0. The van der Waals surface area contributed by atoms with Crippen LogP contribution in [0.25, 0.3) is 0 Å². The second-order valence-electron chi connectivity index (χ2n) is 5.48. The zero-order valence-corrected chi connectivity index (χ0v) is 11.4. The van der Waals surface area contributed by atoms with Crippen LogP contribution in [0.1, 0.15) is 32.3 Å². The molecule has 0 amide bonds. The lowest BCUT2D eigenvalue weighted by atomic mass is 9.95. The Morgan fingerprint density at radius 3 is 2.83 bits per heavy atom. The van der Waals surface area contributed by atoms with Crippen molar-refractivity contribution in [3.63, 3.8) is 0 Å². The second kappa shape index (κ2) is 5.70. The van der Waals surface area contributed by atoms with Crippen molar-refractivity contribution in [2.24, 2.45) is 5.92 Å². The van der Waals surface area contributed by atoms with Crippen molar-refractivity contribution in [3.05, 3.63) is 29.6 Å². The Bertz CT molecular complexity index is 405. The normalized spacial score (nSPS) is 24.3. The molecule has 2 unspecified atom stereocenters. The third-order valence-electron chi connectivity index (χ3n) is 3.61. The van der Waals surface area contributed by atoms with E-state index >= 15 is 0 Å². The molecule has 1 aromatic carbocycles. The Morgan fingerprint density at radius 1 is 1.39 bits per heavy atom. The number of rotatable bonds is 3. The highest BCUT2D eigenvalue weighted by molar-refractivity contribution is 5.51. The predicted octanol–water partition coefficient (Wildman–Crippen LogP) is 3.75. The zero-order chi connectivity index (χ0) is 13.1. The van der Waals surface area contributed by atoms with Gasteiger partial charge in [0.2, 0.25) is 0 Å². The van der Waals surface area contributed by atoms with Crippen LogP contribution in [-0.2, 0) is 4.74 Å². The smallest absolute Gasteiger partial charge is 0.123 e. The summed E-state index contributed by atoms with van der Waals surface area (Å²) < 4.78 is 18.8. The fourth-order valence-electron chi connectivity index (χ4n) is 2.43.